The zero-order valence-corrected chi connectivity index (χ0v) is 11.8. The summed E-state index contributed by atoms with van der Waals surface area (Å²) in [5.74, 6) is -0.261. The molecular formula is C14H24N2O3. The number of amides is 2. The molecule has 1 saturated carbocycles. The Balaban J connectivity index is 1.92. The average Bonchev–Trinajstić information content (AvgIpc) is 3.10. The van der Waals surface area contributed by atoms with Crippen molar-refractivity contribution in [2.75, 3.05) is 13.1 Å². The number of hydrogen-bond donors (Lipinski definition) is 2. The van der Waals surface area contributed by atoms with E-state index in [1.165, 1.54) is 0 Å². The second-order valence-electron chi connectivity index (χ2n) is 6.10. The van der Waals surface area contributed by atoms with E-state index in [1.54, 1.807) is 11.8 Å². The third-order valence-electron chi connectivity index (χ3n) is 4.47. The largest absolute Gasteiger partial charge is 0.480 e. The molecule has 108 valence electrons. The van der Waals surface area contributed by atoms with E-state index in [1.807, 2.05) is 0 Å². The van der Waals surface area contributed by atoms with Gasteiger partial charge in [-0.25, -0.2) is 9.59 Å². The lowest BCUT2D eigenvalue weighted by Crippen LogP contribution is -2.57. The summed E-state index contributed by atoms with van der Waals surface area (Å²) >= 11 is 0. The van der Waals surface area contributed by atoms with Crippen LogP contribution < -0.4 is 5.32 Å². The van der Waals surface area contributed by atoms with Gasteiger partial charge in [-0.2, -0.15) is 0 Å². The Morgan fingerprint density at radius 1 is 1.37 bits per heavy atom. The van der Waals surface area contributed by atoms with Crippen molar-refractivity contribution in [3.05, 3.63) is 0 Å². The van der Waals surface area contributed by atoms with Crippen LogP contribution in [0.15, 0.2) is 0 Å². The summed E-state index contributed by atoms with van der Waals surface area (Å²) in [6.45, 7) is 5.29. The molecule has 5 heteroatoms. The number of rotatable bonds is 5. The zero-order chi connectivity index (χ0) is 14.0. The molecule has 1 aliphatic carbocycles. The highest BCUT2D eigenvalue weighted by Crippen LogP contribution is 2.40. The van der Waals surface area contributed by atoms with Crippen LogP contribution in [0, 0.1) is 11.8 Å². The number of hydrogen-bond acceptors (Lipinski definition) is 2. The highest BCUT2D eigenvalue weighted by molar-refractivity contribution is 5.86. The number of carboxylic acids is 1. The standard InChI is InChI=1S/C14H24N2O3/c1-3-4-10-7-8-16(9-10)13(19)15-14(2,12(17)18)11-5-6-11/h10-11H,3-9H2,1-2H3,(H,15,19)(H,17,18). The van der Waals surface area contributed by atoms with E-state index in [9.17, 15) is 14.7 Å². The second-order valence-corrected chi connectivity index (χ2v) is 6.10. The maximum atomic E-state index is 12.2. The molecule has 0 aromatic rings. The molecule has 2 amide bonds. The lowest BCUT2D eigenvalue weighted by atomic mass is 9.96. The third-order valence-corrected chi connectivity index (χ3v) is 4.47. The minimum Gasteiger partial charge on any atom is -0.480 e. The van der Waals surface area contributed by atoms with Crippen LogP contribution in [0.4, 0.5) is 4.79 Å². The van der Waals surface area contributed by atoms with Crippen LogP contribution >= 0.6 is 0 Å². The molecule has 2 rings (SSSR count). The van der Waals surface area contributed by atoms with Gasteiger partial charge < -0.3 is 15.3 Å². The lowest BCUT2D eigenvalue weighted by molar-refractivity contribution is -0.144. The third kappa shape index (κ3) is 3.01. The highest BCUT2D eigenvalue weighted by atomic mass is 16.4. The molecule has 2 fully saturated rings. The quantitative estimate of drug-likeness (QED) is 0.802. The van der Waals surface area contributed by atoms with Gasteiger partial charge in [0.1, 0.15) is 5.54 Å². The van der Waals surface area contributed by atoms with Crippen LogP contribution in [-0.4, -0.2) is 40.6 Å². The van der Waals surface area contributed by atoms with Gasteiger partial charge in [-0.1, -0.05) is 13.3 Å². The summed E-state index contributed by atoms with van der Waals surface area (Å²) in [5.41, 5.74) is -1.10. The predicted molar refractivity (Wildman–Crippen MR) is 71.9 cm³/mol. The molecule has 1 saturated heterocycles. The molecule has 0 bridgehead atoms. The van der Waals surface area contributed by atoms with Crippen LogP contribution in [0.25, 0.3) is 0 Å². The van der Waals surface area contributed by atoms with Crippen LogP contribution in [-0.2, 0) is 4.79 Å². The van der Waals surface area contributed by atoms with Crippen LogP contribution in [0.2, 0.25) is 0 Å². The van der Waals surface area contributed by atoms with Crippen molar-refractivity contribution in [2.24, 2.45) is 11.8 Å². The van der Waals surface area contributed by atoms with E-state index in [0.717, 1.165) is 45.2 Å². The second kappa shape index (κ2) is 5.39. The van der Waals surface area contributed by atoms with Gasteiger partial charge in [-0.15, -0.1) is 0 Å². The smallest absolute Gasteiger partial charge is 0.329 e. The molecule has 2 atom stereocenters. The van der Waals surface area contributed by atoms with Gasteiger partial charge in [0.25, 0.3) is 0 Å². The topological polar surface area (TPSA) is 69.6 Å². The van der Waals surface area contributed by atoms with Crippen molar-refractivity contribution >= 4 is 12.0 Å². The zero-order valence-electron chi connectivity index (χ0n) is 11.8. The average molecular weight is 268 g/mol. The number of urea groups is 1. The van der Waals surface area contributed by atoms with Crippen molar-refractivity contribution in [1.29, 1.82) is 0 Å². The van der Waals surface area contributed by atoms with Gasteiger partial charge >= 0.3 is 12.0 Å². The minimum atomic E-state index is -1.10. The molecule has 1 aliphatic heterocycles. The fourth-order valence-corrected chi connectivity index (χ4v) is 2.95. The van der Waals surface area contributed by atoms with E-state index in [2.05, 4.69) is 12.2 Å². The predicted octanol–water partition coefficient (Wildman–Crippen LogP) is 2.07. The highest BCUT2D eigenvalue weighted by Gasteiger charge is 2.49. The molecule has 0 aromatic carbocycles. The Kier molecular flexibility index (Phi) is 4.02. The molecule has 2 unspecified atom stereocenters. The summed E-state index contributed by atoms with van der Waals surface area (Å²) in [7, 11) is 0. The van der Waals surface area contributed by atoms with Gasteiger partial charge in [0.05, 0.1) is 0 Å². The van der Waals surface area contributed by atoms with E-state index in [0.29, 0.717) is 5.92 Å². The minimum absolute atomic E-state index is 0.0861. The van der Waals surface area contributed by atoms with Crippen molar-refractivity contribution in [3.8, 4) is 0 Å². The SMILES string of the molecule is CCCC1CCN(C(=O)NC(C)(C(=O)O)C2CC2)C1. The number of nitrogens with zero attached hydrogens (tertiary/aromatic N) is 1. The monoisotopic (exact) mass is 268 g/mol. The van der Waals surface area contributed by atoms with Gasteiger partial charge in [0.15, 0.2) is 0 Å². The Morgan fingerprint density at radius 2 is 2.05 bits per heavy atom. The van der Waals surface area contributed by atoms with Gasteiger partial charge in [-0.3, -0.25) is 0 Å². The molecular weight excluding hydrogens is 244 g/mol. The maximum absolute atomic E-state index is 12.2. The summed E-state index contributed by atoms with van der Waals surface area (Å²) in [4.78, 5) is 25.4. The molecule has 5 nitrogen and oxygen atoms in total. The van der Waals surface area contributed by atoms with E-state index in [4.69, 9.17) is 0 Å². The number of carboxylic acid groups (broad SMARTS) is 1. The summed E-state index contributed by atoms with van der Waals surface area (Å²) in [6.07, 6.45) is 5.09. The number of carbonyl (C=O) groups excluding carboxylic acids is 1. The first kappa shape index (κ1) is 14.2. The lowest BCUT2D eigenvalue weighted by Gasteiger charge is -2.29. The summed E-state index contributed by atoms with van der Waals surface area (Å²) < 4.78 is 0. The van der Waals surface area contributed by atoms with Crippen LogP contribution in [0.5, 0.6) is 0 Å². The molecule has 1 heterocycles. The number of carbonyl (C=O) groups is 2. The Bertz CT molecular complexity index is 368. The van der Waals surface area contributed by atoms with Gasteiger partial charge in [0, 0.05) is 13.1 Å². The number of likely N-dealkylation sites (tertiary alicyclic amines) is 1. The van der Waals surface area contributed by atoms with E-state index in [-0.39, 0.29) is 11.9 Å². The molecule has 19 heavy (non-hydrogen) atoms. The van der Waals surface area contributed by atoms with E-state index < -0.39 is 11.5 Å². The fraction of sp³-hybridized carbons (Fsp3) is 0.857. The maximum Gasteiger partial charge on any atom is 0.329 e. The molecule has 2 aliphatic rings. The number of nitrogens with one attached hydrogen (secondary N) is 1. The summed E-state index contributed by atoms with van der Waals surface area (Å²) in [5, 5.41) is 12.1. The van der Waals surface area contributed by atoms with Crippen LogP contribution in [0.3, 0.4) is 0 Å². The Hall–Kier alpha value is -1.26. The van der Waals surface area contributed by atoms with Crippen molar-refractivity contribution in [1.82, 2.24) is 10.2 Å². The Morgan fingerprint density at radius 3 is 2.58 bits per heavy atom. The normalized spacial score (nSPS) is 26.0. The molecule has 2 N–H and O–H groups in total. The first-order chi connectivity index (χ1) is 8.97. The summed E-state index contributed by atoms with van der Waals surface area (Å²) in [6, 6.07) is -0.213. The Labute approximate surface area is 114 Å². The van der Waals surface area contributed by atoms with Crippen molar-refractivity contribution in [3.63, 3.8) is 0 Å². The van der Waals surface area contributed by atoms with Crippen LogP contribution in [0.1, 0.15) is 46.0 Å². The molecule has 0 aromatic heterocycles. The van der Waals surface area contributed by atoms with Crippen molar-refractivity contribution < 1.29 is 14.7 Å². The molecule has 0 spiro atoms. The fourth-order valence-electron chi connectivity index (χ4n) is 2.95. The molecule has 0 radical (unpaired) electrons. The number of aliphatic carboxylic acids is 1. The van der Waals surface area contributed by atoms with Crippen molar-refractivity contribution in [2.45, 2.75) is 51.5 Å². The first-order valence-corrected chi connectivity index (χ1v) is 7.27. The van der Waals surface area contributed by atoms with E-state index >= 15 is 0 Å². The van der Waals surface area contributed by atoms with Gasteiger partial charge in [-0.05, 0) is 44.4 Å². The first-order valence-electron chi connectivity index (χ1n) is 7.27. The van der Waals surface area contributed by atoms with Gasteiger partial charge in [0.2, 0.25) is 0 Å².